The highest BCUT2D eigenvalue weighted by Gasteiger charge is 2.34. The number of hydrogen-bond acceptors (Lipinski definition) is 3. The van der Waals surface area contributed by atoms with Crippen molar-refractivity contribution in [1.29, 1.82) is 0 Å². The standard InChI is InChI=1S/C11H17NO4/c13-10-2-1-8(11(14)15)7-12(10)9-3-5-16-6-4-9/h8-9H,1-7H2,(H,14,15). The van der Waals surface area contributed by atoms with Crippen molar-refractivity contribution in [2.45, 2.75) is 31.7 Å². The first-order valence-electron chi connectivity index (χ1n) is 5.78. The zero-order valence-corrected chi connectivity index (χ0v) is 9.22. The normalized spacial score (nSPS) is 28.1. The lowest BCUT2D eigenvalue weighted by molar-refractivity contribution is -0.149. The first-order valence-corrected chi connectivity index (χ1v) is 5.78. The van der Waals surface area contributed by atoms with Gasteiger partial charge >= 0.3 is 5.97 Å². The lowest BCUT2D eigenvalue weighted by Crippen LogP contribution is -2.49. The van der Waals surface area contributed by atoms with Gasteiger partial charge in [-0.15, -0.1) is 0 Å². The van der Waals surface area contributed by atoms with Gasteiger partial charge in [-0.3, -0.25) is 9.59 Å². The van der Waals surface area contributed by atoms with E-state index in [0.717, 1.165) is 12.8 Å². The van der Waals surface area contributed by atoms with Crippen molar-refractivity contribution >= 4 is 11.9 Å². The number of carbonyl (C=O) groups excluding carboxylic acids is 1. The summed E-state index contributed by atoms with van der Waals surface area (Å²) in [6.45, 7) is 1.72. The second-order valence-electron chi connectivity index (χ2n) is 4.46. The molecule has 5 nitrogen and oxygen atoms in total. The maximum atomic E-state index is 11.8. The third-order valence-corrected chi connectivity index (χ3v) is 3.42. The van der Waals surface area contributed by atoms with Crippen molar-refractivity contribution in [2.24, 2.45) is 5.92 Å². The van der Waals surface area contributed by atoms with Gasteiger partial charge in [0.1, 0.15) is 0 Å². The second kappa shape index (κ2) is 4.82. The summed E-state index contributed by atoms with van der Waals surface area (Å²) < 4.78 is 5.25. The van der Waals surface area contributed by atoms with E-state index in [1.807, 2.05) is 0 Å². The maximum absolute atomic E-state index is 11.8. The van der Waals surface area contributed by atoms with Crippen molar-refractivity contribution < 1.29 is 19.4 Å². The highest BCUT2D eigenvalue weighted by atomic mass is 16.5. The zero-order chi connectivity index (χ0) is 11.5. The molecule has 2 rings (SSSR count). The molecule has 1 N–H and O–H groups in total. The minimum atomic E-state index is -0.787. The van der Waals surface area contributed by atoms with Crippen LogP contribution in [0, 0.1) is 5.92 Å². The third-order valence-electron chi connectivity index (χ3n) is 3.42. The summed E-state index contributed by atoms with van der Waals surface area (Å²) in [4.78, 5) is 24.4. The van der Waals surface area contributed by atoms with E-state index < -0.39 is 5.97 Å². The number of likely N-dealkylation sites (tertiary alicyclic amines) is 1. The largest absolute Gasteiger partial charge is 0.481 e. The Balaban J connectivity index is 1.99. The SMILES string of the molecule is O=C(O)C1CCC(=O)N(C2CCOCC2)C1. The number of amides is 1. The Morgan fingerprint density at radius 3 is 2.62 bits per heavy atom. The molecule has 1 amide bonds. The fraction of sp³-hybridized carbons (Fsp3) is 0.818. The van der Waals surface area contributed by atoms with E-state index in [2.05, 4.69) is 0 Å². The van der Waals surface area contributed by atoms with Crippen LogP contribution in [-0.2, 0) is 14.3 Å². The molecule has 2 aliphatic heterocycles. The molecular formula is C11H17NO4. The molecule has 0 aromatic heterocycles. The summed E-state index contributed by atoms with van der Waals surface area (Å²) in [5.41, 5.74) is 0. The second-order valence-corrected chi connectivity index (χ2v) is 4.46. The van der Waals surface area contributed by atoms with Crippen molar-refractivity contribution in [2.75, 3.05) is 19.8 Å². The van der Waals surface area contributed by atoms with Crippen LogP contribution in [0.3, 0.4) is 0 Å². The average Bonchev–Trinajstić information content (AvgIpc) is 2.30. The Labute approximate surface area is 94.4 Å². The fourth-order valence-corrected chi connectivity index (χ4v) is 2.42. The van der Waals surface area contributed by atoms with Crippen LogP contribution in [0.5, 0.6) is 0 Å². The monoisotopic (exact) mass is 227 g/mol. The number of piperidine rings is 1. The number of hydrogen-bond donors (Lipinski definition) is 1. The van der Waals surface area contributed by atoms with Gasteiger partial charge in [0, 0.05) is 32.2 Å². The number of carboxylic acids is 1. The number of nitrogens with zero attached hydrogens (tertiary/aromatic N) is 1. The van der Waals surface area contributed by atoms with Crippen LogP contribution in [0.4, 0.5) is 0 Å². The number of carboxylic acid groups (broad SMARTS) is 1. The summed E-state index contributed by atoms with van der Waals surface area (Å²) in [5.74, 6) is -1.07. The number of rotatable bonds is 2. The van der Waals surface area contributed by atoms with Gasteiger partial charge in [-0.2, -0.15) is 0 Å². The van der Waals surface area contributed by atoms with Crippen LogP contribution in [0.2, 0.25) is 0 Å². The van der Waals surface area contributed by atoms with E-state index in [1.54, 1.807) is 4.90 Å². The molecule has 0 saturated carbocycles. The van der Waals surface area contributed by atoms with Gasteiger partial charge in [0.2, 0.25) is 5.91 Å². The van der Waals surface area contributed by atoms with Crippen molar-refractivity contribution in [3.8, 4) is 0 Å². The fourth-order valence-electron chi connectivity index (χ4n) is 2.42. The highest BCUT2D eigenvalue weighted by molar-refractivity contribution is 5.80. The molecule has 1 unspecified atom stereocenters. The molecule has 0 aromatic carbocycles. The first-order chi connectivity index (χ1) is 7.68. The maximum Gasteiger partial charge on any atom is 0.308 e. The Hall–Kier alpha value is -1.10. The van der Waals surface area contributed by atoms with Crippen LogP contribution in [0.1, 0.15) is 25.7 Å². The lowest BCUT2D eigenvalue weighted by atomic mass is 9.94. The molecule has 0 aromatic rings. The minimum Gasteiger partial charge on any atom is -0.481 e. The molecule has 16 heavy (non-hydrogen) atoms. The molecule has 2 aliphatic rings. The van der Waals surface area contributed by atoms with Crippen molar-refractivity contribution in [3.63, 3.8) is 0 Å². The van der Waals surface area contributed by atoms with E-state index in [-0.39, 0.29) is 17.9 Å². The summed E-state index contributed by atoms with van der Waals surface area (Å²) in [7, 11) is 0. The van der Waals surface area contributed by atoms with Gasteiger partial charge in [0.25, 0.3) is 0 Å². The predicted octanol–water partition coefficient (Wildman–Crippen LogP) is 0.489. The molecule has 2 saturated heterocycles. The lowest BCUT2D eigenvalue weighted by Gasteiger charge is -2.38. The van der Waals surface area contributed by atoms with Crippen LogP contribution < -0.4 is 0 Å². The highest BCUT2D eigenvalue weighted by Crippen LogP contribution is 2.24. The summed E-state index contributed by atoms with van der Waals surface area (Å²) in [6, 6.07) is 0.184. The van der Waals surface area contributed by atoms with E-state index in [1.165, 1.54) is 0 Å². The van der Waals surface area contributed by atoms with E-state index >= 15 is 0 Å². The Bertz CT molecular complexity index is 286. The van der Waals surface area contributed by atoms with Crippen LogP contribution in [0.25, 0.3) is 0 Å². The number of ether oxygens (including phenoxy) is 1. The quantitative estimate of drug-likeness (QED) is 0.745. The average molecular weight is 227 g/mol. The molecule has 0 bridgehead atoms. The molecule has 2 fully saturated rings. The van der Waals surface area contributed by atoms with Gasteiger partial charge in [-0.05, 0) is 19.3 Å². The van der Waals surface area contributed by atoms with Crippen LogP contribution in [0.15, 0.2) is 0 Å². The summed E-state index contributed by atoms with van der Waals surface area (Å²) >= 11 is 0. The molecule has 2 heterocycles. The smallest absolute Gasteiger partial charge is 0.308 e. The minimum absolute atomic E-state index is 0.101. The molecule has 1 atom stereocenters. The van der Waals surface area contributed by atoms with Gasteiger partial charge in [-0.25, -0.2) is 0 Å². The van der Waals surface area contributed by atoms with E-state index in [9.17, 15) is 9.59 Å². The van der Waals surface area contributed by atoms with Gasteiger partial charge in [0.15, 0.2) is 0 Å². The van der Waals surface area contributed by atoms with Crippen LogP contribution in [-0.4, -0.2) is 47.7 Å². The molecule has 0 aliphatic carbocycles. The topological polar surface area (TPSA) is 66.8 Å². The Kier molecular flexibility index (Phi) is 3.43. The Morgan fingerprint density at radius 1 is 1.31 bits per heavy atom. The van der Waals surface area contributed by atoms with E-state index in [0.29, 0.717) is 32.6 Å². The predicted molar refractivity (Wildman–Crippen MR) is 55.9 cm³/mol. The van der Waals surface area contributed by atoms with Crippen molar-refractivity contribution in [1.82, 2.24) is 4.90 Å². The molecule has 0 spiro atoms. The Morgan fingerprint density at radius 2 is 2.00 bits per heavy atom. The van der Waals surface area contributed by atoms with Gasteiger partial charge in [-0.1, -0.05) is 0 Å². The number of carbonyl (C=O) groups is 2. The third kappa shape index (κ3) is 2.35. The number of aliphatic carboxylic acids is 1. The molecular weight excluding hydrogens is 210 g/mol. The van der Waals surface area contributed by atoms with Crippen molar-refractivity contribution in [3.05, 3.63) is 0 Å². The first kappa shape index (κ1) is 11.4. The zero-order valence-electron chi connectivity index (χ0n) is 9.22. The van der Waals surface area contributed by atoms with E-state index in [4.69, 9.17) is 9.84 Å². The molecule has 0 radical (unpaired) electrons. The van der Waals surface area contributed by atoms with Gasteiger partial charge in [0.05, 0.1) is 5.92 Å². The molecule has 5 heteroatoms. The van der Waals surface area contributed by atoms with Crippen LogP contribution >= 0.6 is 0 Å². The van der Waals surface area contributed by atoms with Gasteiger partial charge < -0.3 is 14.7 Å². The molecule has 90 valence electrons. The summed E-state index contributed by atoms with van der Waals surface area (Å²) in [5, 5.41) is 8.98. The summed E-state index contributed by atoms with van der Waals surface area (Å²) in [6.07, 6.45) is 2.51.